The van der Waals surface area contributed by atoms with E-state index in [0.29, 0.717) is 5.69 Å². The second-order valence-electron chi connectivity index (χ2n) is 6.65. The van der Waals surface area contributed by atoms with Crippen molar-refractivity contribution in [3.05, 3.63) is 59.9 Å². The molecule has 25 heavy (non-hydrogen) atoms. The lowest BCUT2D eigenvalue weighted by molar-refractivity contribution is -0.914. The van der Waals surface area contributed by atoms with Gasteiger partial charge in [-0.2, -0.15) is 0 Å². The third-order valence-electron chi connectivity index (χ3n) is 4.98. The summed E-state index contributed by atoms with van der Waals surface area (Å²) in [4.78, 5) is 16.1. The Balaban J connectivity index is 1.56. The molecule has 0 aromatic heterocycles. The van der Waals surface area contributed by atoms with E-state index < -0.39 is 0 Å². The van der Waals surface area contributed by atoms with E-state index in [2.05, 4.69) is 41.4 Å². The van der Waals surface area contributed by atoms with Gasteiger partial charge in [-0.15, -0.1) is 0 Å². The number of benzene rings is 2. The summed E-state index contributed by atoms with van der Waals surface area (Å²) < 4.78 is 13.0. The van der Waals surface area contributed by atoms with E-state index in [1.807, 2.05) is 6.92 Å². The number of piperazine rings is 1. The van der Waals surface area contributed by atoms with Crippen molar-refractivity contribution in [2.45, 2.75) is 19.9 Å². The lowest BCUT2D eigenvalue weighted by Crippen LogP contribution is -3.19. The van der Waals surface area contributed by atoms with Gasteiger partial charge < -0.3 is 15.1 Å². The highest BCUT2D eigenvalue weighted by atomic mass is 19.1. The molecule has 1 atom stereocenters. The third kappa shape index (κ3) is 4.17. The predicted molar refractivity (Wildman–Crippen MR) is 98.6 cm³/mol. The van der Waals surface area contributed by atoms with E-state index in [4.69, 9.17) is 0 Å². The number of amides is 1. The molecule has 3 rings (SSSR count). The zero-order valence-electron chi connectivity index (χ0n) is 14.8. The van der Waals surface area contributed by atoms with Crippen molar-refractivity contribution in [3.8, 4) is 0 Å². The molecule has 0 bridgehead atoms. The van der Waals surface area contributed by atoms with Crippen molar-refractivity contribution in [2.24, 2.45) is 0 Å². The lowest BCUT2D eigenvalue weighted by Gasteiger charge is -2.36. The number of anilines is 2. The Hall–Kier alpha value is -2.40. The van der Waals surface area contributed by atoms with E-state index in [-0.39, 0.29) is 17.8 Å². The summed E-state index contributed by atoms with van der Waals surface area (Å²) in [5.74, 6) is -0.324. The van der Waals surface area contributed by atoms with Gasteiger partial charge in [0.1, 0.15) is 5.82 Å². The summed E-state index contributed by atoms with van der Waals surface area (Å²) in [6.07, 6.45) is 0. The van der Waals surface area contributed by atoms with E-state index in [9.17, 15) is 9.18 Å². The number of carbonyl (C=O) groups is 1. The summed E-state index contributed by atoms with van der Waals surface area (Å²) in [5, 5.41) is 2.88. The number of nitrogens with zero attached hydrogens (tertiary/aromatic N) is 1. The zero-order chi connectivity index (χ0) is 17.8. The molecule has 0 saturated carbocycles. The number of carbonyl (C=O) groups excluding carboxylic acids is 1. The molecule has 5 heteroatoms. The number of nitrogens with one attached hydrogen (secondary N) is 2. The van der Waals surface area contributed by atoms with E-state index in [1.54, 1.807) is 12.1 Å². The first kappa shape index (κ1) is 17.4. The Morgan fingerprint density at radius 1 is 1.12 bits per heavy atom. The molecule has 2 N–H and O–H groups in total. The average Bonchev–Trinajstić information content (AvgIpc) is 2.63. The van der Waals surface area contributed by atoms with Gasteiger partial charge in [-0.1, -0.05) is 18.2 Å². The van der Waals surface area contributed by atoms with Crippen molar-refractivity contribution in [2.75, 3.05) is 36.4 Å². The van der Waals surface area contributed by atoms with Gasteiger partial charge >= 0.3 is 0 Å². The van der Waals surface area contributed by atoms with Gasteiger partial charge in [0.05, 0.1) is 26.2 Å². The van der Waals surface area contributed by atoms with Crippen LogP contribution in [0.1, 0.15) is 12.5 Å². The largest absolute Gasteiger partial charge is 0.360 e. The van der Waals surface area contributed by atoms with Crippen LogP contribution >= 0.6 is 0 Å². The Morgan fingerprint density at radius 3 is 2.40 bits per heavy atom. The molecule has 0 unspecified atom stereocenters. The van der Waals surface area contributed by atoms with Gasteiger partial charge in [-0.3, -0.25) is 4.79 Å². The highest BCUT2D eigenvalue weighted by Gasteiger charge is 2.29. The van der Waals surface area contributed by atoms with Gasteiger partial charge in [-0.05, 0) is 49.7 Å². The maximum atomic E-state index is 13.0. The maximum absolute atomic E-state index is 13.0. The molecule has 1 saturated heterocycles. The van der Waals surface area contributed by atoms with E-state index >= 15 is 0 Å². The first-order valence-electron chi connectivity index (χ1n) is 8.76. The fourth-order valence-corrected chi connectivity index (χ4v) is 3.36. The zero-order valence-corrected chi connectivity index (χ0v) is 14.8. The lowest BCUT2D eigenvalue weighted by atomic mass is 10.1. The van der Waals surface area contributed by atoms with E-state index in [0.717, 1.165) is 26.2 Å². The molecule has 1 amide bonds. The minimum absolute atomic E-state index is 0.0223. The summed E-state index contributed by atoms with van der Waals surface area (Å²) >= 11 is 0. The number of rotatable bonds is 4. The van der Waals surface area contributed by atoms with Crippen LogP contribution in [0.4, 0.5) is 15.8 Å². The predicted octanol–water partition coefficient (Wildman–Crippen LogP) is 1.87. The molecular weight excluding hydrogens is 317 g/mol. The molecule has 1 heterocycles. The Bertz CT molecular complexity index is 724. The highest BCUT2D eigenvalue weighted by Crippen LogP contribution is 2.19. The molecule has 2 aromatic carbocycles. The maximum Gasteiger partial charge on any atom is 0.282 e. The topological polar surface area (TPSA) is 36.8 Å². The van der Waals surface area contributed by atoms with Crippen LogP contribution in [-0.2, 0) is 4.79 Å². The normalized spacial score (nSPS) is 16.5. The fourth-order valence-electron chi connectivity index (χ4n) is 3.36. The molecule has 132 valence electrons. The van der Waals surface area contributed by atoms with Crippen LogP contribution in [-0.4, -0.2) is 38.1 Å². The monoisotopic (exact) mass is 342 g/mol. The second kappa shape index (κ2) is 7.66. The van der Waals surface area contributed by atoms with Crippen molar-refractivity contribution in [1.29, 1.82) is 0 Å². The smallest absolute Gasteiger partial charge is 0.282 e. The van der Waals surface area contributed by atoms with Crippen molar-refractivity contribution < 1.29 is 14.1 Å². The molecule has 1 aliphatic heterocycles. The van der Waals surface area contributed by atoms with Gasteiger partial charge in [0.25, 0.3) is 5.91 Å². The van der Waals surface area contributed by atoms with Crippen LogP contribution in [0.3, 0.4) is 0 Å². The van der Waals surface area contributed by atoms with Crippen LogP contribution < -0.4 is 15.1 Å². The first-order chi connectivity index (χ1) is 12.0. The summed E-state index contributed by atoms with van der Waals surface area (Å²) in [7, 11) is 0. The standard InChI is InChI=1S/C20H24FN3O/c1-15-5-3-4-6-19(15)24-13-11-23(12-14-24)16(2)20(25)22-18-9-7-17(21)8-10-18/h3-10,16H,11-14H2,1-2H3,(H,22,25)/p+1/t16-/m0/s1. The van der Waals surface area contributed by atoms with Crippen molar-refractivity contribution in [1.82, 2.24) is 0 Å². The van der Waals surface area contributed by atoms with Crippen LogP contribution in [0, 0.1) is 12.7 Å². The Morgan fingerprint density at radius 2 is 1.76 bits per heavy atom. The van der Waals surface area contributed by atoms with Gasteiger partial charge in [0.2, 0.25) is 0 Å². The highest BCUT2D eigenvalue weighted by molar-refractivity contribution is 5.93. The molecule has 1 fully saturated rings. The quantitative estimate of drug-likeness (QED) is 0.890. The number of hydrogen-bond acceptors (Lipinski definition) is 2. The Kier molecular flexibility index (Phi) is 5.34. The number of halogens is 1. The van der Waals surface area contributed by atoms with Crippen LogP contribution in [0.25, 0.3) is 0 Å². The van der Waals surface area contributed by atoms with E-state index in [1.165, 1.54) is 28.3 Å². The summed E-state index contributed by atoms with van der Waals surface area (Å²) in [6.45, 7) is 7.81. The number of para-hydroxylation sites is 1. The molecule has 0 aliphatic carbocycles. The minimum Gasteiger partial charge on any atom is -0.360 e. The van der Waals surface area contributed by atoms with Crippen molar-refractivity contribution >= 4 is 17.3 Å². The van der Waals surface area contributed by atoms with Crippen LogP contribution in [0.5, 0.6) is 0 Å². The molecule has 4 nitrogen and oxygen atoms in total. The molecule has 1 aliphatic rings. The number of hydrogen-bond donors (Lipinski definition) is 2. The SMILES string of the molecule is Cc1ccccc1N1CC[NH+]([C@@H](C)C(=O)Nc2ccc(F)cc2)CC1. The summed E-state index contributed by atoms with van der Waals surface area (Å²) in [6, 6.07) is 14.2. The van der Waals surface area contributed by atoms with Gasteiger partial charge in [0, 0.05) is 11.4 Å². The molecular formula is C20H25FN3O+. The average molecular weight is 342 g/mol. The van der Waals surface area contributed by atoms with Gasteiger partial charge in [-0.25, -0.2) is 4.39 Å². The number of aryl methyl sites for hydroxylation is 1. The molecule has 0 radical (unpaired) electrons. The molecule has 0 spiro atoms. The summed E-state index contributed by atoms with van der Waals surface area (Å²) in [5.41, 5.74) is 3.20. The minimum atomic E-state index is -0.302. The second-order valence-corrected chi connectivity index (χ2v) is 6.65. The first-order valence-corrected chi connectivity index (χ1v) is 8.76. The van der Waals surface area contributed by atoms with Crippen LogP contribution in [0.2, 0.25) is 0 Å². The fraction of sp³-hybridized carbons (Fsp3) is 0.350. The third-order valence-corrected chi connectivity index (χ3v) is 4.98. The molecule has 2 aromatic rings. The Labute approximate surface area is 148 Å². The van der Waals surface area contributed by atoms with Crippen molar-refractivity contribution in [3.63, 3.8) is 0 Å². The van der Waals surface area contributed by atoms with Gasteiger partial charge in [0.15, 0.2) is 6.04 Å². The van der Waals surface area contributed by atoms with Crippen LogP contribution in [0.15, 0.2) is 48.5 Å². The number of quaternary nitrogens is 1.